The van der Waals surface area contributed by atoms with Gasteiger partial charge in [-0.1, -0.05) is 72.5 Å². The molecule has 12 aromatic rings. The Morgan fingerprint density at radius 1 is 0.243 bits per heavy atom. The summed E-state index contributed by atoms with van der Waals surface area (Å²) in [6.07, 6.45) is -21.2. The number of ether oxygens (including phenoxy) is 18. The average molecular weight is 2060 g/mol. The van der Waals surface area contributed by atoms with Crippen LogP contribution in [0.3, 0.4) is 0 Å². The molecule has 6 N–H and O–H groups in total. The van der Waals surface area contributed by atoms with E-state index in [2.05, 4.69) is 0 Å². The van der Waals surface area contributed by atoms with E-state index in [9.17, 15) is 26.3 Å². The number of hydrogen-bond donors (Lipinski definition) is 6. The van der Waals surface area contributed by atoms with E-state index in [0.29, 0.717) is 0 Å². The van der Waals surface area contributed by atoms with Gasteiger partial charge in [-0.15, -0.1) is 0 Å². The van der Waals surface area contributed by atoms with E-state index in [-0.39, 0.29) is 97.7 Å². The van der Waals surface area contributed by atoms with E-state index < -0.39 is 486 Å². The summed E-state index contributed by atoms with van der Waals surface area (Å²) in [6, 6.07) is -9.37. The molecule has 24 rings (SSSR count). The van der Waals surface area contributed by atoms with Gasteiger partial charge in [0.15, 0.2) is 69.0 Å². The van der Waals surface area contributed by atoms with Gasteiger partial charge < -0.3 is 117 Å². The zero-order valence-corrected chi connectivity index (χ0v) is 72.1. The summed E-state index contributed by atoms with van der Waals surface area (Å²) in [5.74, 6) is -48.8. The molecule has 0 amide bonds. The third-order valence-electron chi connectivity index (χ3n) is 19.4. The van der Waals surface area contributed by atoms with Gasteiger partial charge in [-0.05, 0) is 291 Å². The largest absolute Gasteiger partial charge is 0.493 e. The molecule has 0 saturated carbocycles. The molecule has 6 unspecified atom stereocenters. The highest BCUT2D eigenvalue weighted by molar-refractivity contribution is 5.52. The van der Waals surface area contributed by atoms with Gasteiger partial charge in [0.1, 0.15) is 85.8 Å². The second-order valence-corrected chi connectivity index (χ2v) is 28.6. The zero-order valence-electron chi connectivity index (χ0n) is 156. The van der Waals surface area contributed by atoms with Crippen LogP contribution in [0.2, 0.25) is 0 Å². The highest BCUT2D eigenvalue weighted by Crippen LogP contribution is 2.45. The summed E-state index contributed by atoms with van der Waals surface area (Å²) in [4.78, 5) is 0. The van der Waals surface area contributed by atoms with Crippen molar-refractivity contribution in [1.29, 1.82) is 0 Å². The lowest BCUT2D eigenvalue weighted by atomic mass is 9.81. The van der Waals surface area contributed by atoms with E-state index in [1.807, 2.05) is 10.6 Å². The molecule has 0 aromatic heterocycles. The summed E-state index contributed by atoms with van der Waals surface area (Å²) in [5, 5.41) is 10.5. The number of nitrogens with one attached hydrogen (secondary N) is 6. The molecular formula is C114H120F6N6O18. The number of fused-ring (bicyclic) bond motifs is 6. The average Bonchev–Trinajstić information content (AvgIpc) is 0.874. The molecule has 144 heavy (non-hydrogen) atoms. The van der Waals surface area contributed by atoms with Crippen LogP contribution >= 0.6 is 0 Å². The summed E-state index contributed by atoms with van der Waals surface area (Å²) in [5.41, 5.74) is -6.94. The number of piperidine rings is 6. The van der Waals surface area contributed by atoms with Crippen LogP contribution in [0.5, 0.6) is 103 Å². The van der Waals surface area contributed by atoms with Crippen LogP contribution in [0.4, 0.5) is 26.3 Å². The fraction of sp³-hybridized carbons (Fsp3) is 0.368. The van der Waals surface area contributed by atoms with E-state index in [1.54, 1.807) is 21.3 Å². The molecule has 12 atom stereocenters. The molecular weight excluding hydrogens is 1860 g/mol. The third-order valence-corrected chi connectivity index (χ3v) is 19.4. The number of halogens is 6. The molecule has 6 saturated heterocycles. The first kappa shape index (κ1) is 40.4. The van der Waals surface area contributed by atoms with Crippen molar-refractivity contribution >= 4 is 0 Å². The van der Waals surface area contributed by atoms with E-state index in [0.717, 1.165) is 42.5 Å². The first-order chi connectivity index (χ1) is 103. The molecule has 6 fully saturated rings. The van der Waals surface area contributed by atoms with Gasteiger partial charge in [-0.2, -0.15) is 0 Å². The number of hydrogen-bond acceptors (Lipinski definition) is 24. The topological polar surface area (TPSA) is 238 Å². The van der Waals surface area contributed by atoms with Crippen LogP contribution in [-0.2, 0) is 0 Å². The van der Waals surface area contributed by atoms with Gasteiger partial charge in [-0.25, -0.2) is 26.3 Å². The minimum absolute atomic E-state index is 0.00748. The van der Waals surface area contributed by atoms with Crippen molar-refractivity contribution in [2.45, 2.75) is 73.6 Å². The maximum atomic E-state index is 14.4. The Labute approximate surface area is 952 Å². The van der Waals surface area contributed by atoms with Gasteiger partial charge in [0.05, 0.1) is 77.9 Å². The lowest BCUT2D eigenvalue weighted by molar-refractivity contribution is 0.173. The Balaban J connectivity index is 0.000000159. The summed E-state index contributed by atoms with van der Waals surface area (Å²) in [7, 11) is 0. The lowest BCUT2D eigenvalue weighted by Crippen LogP contribution is -2.38. The Morgan fingerprint density at radius 3 is 0.771 bits per heavy atom. The molecule has 0 spiro atoms. The molecule has 30 heteroatoms. The smallest absolute Gasteiger partial charge is 0.231 e. The molecule has 0 radical (unpaired) electrons. The molecule has 12 heterocycles. The fourth-order valence-electron chi connectivity index (χ4n) is 12.7. The van der Waals surface area contributed by atoms with Gasteiger partial charge >= 0.3 is 0 Å². The molecule has 756 valence electrons. The van der Waals surface area contributed by atoms with Crippen LogP contribution in [0.15, 0.2) is 254 Å². The maximum Gasteiger partial charge on any atom is 0.231 e. The molecule has 24 nitrogen and oxygen atoms in total. The standard InChI is InChI=1S/6C19H20FNO3/c6*20-15-3-1-13(2-4-15)17-7-8-21-10-14(17)11-22-16-5-6-18-19(9-16)24-12-23-18/h6*1-6,9,14,17,21H,7-8,10-12H2/t6*14?,17-/m000000/s1/i1D,2D,3D,4D,7D2,8D2,10D2,11D2,12D2,14D,17D;2*1D,2D,3D,4D,7D2,8D2,10D2,12D2,14D,17D;2*1D,2D,3D,4D,7D2,8D2,10D2,12D2,17D;1D,2D,3D,4D,7D2,8D2,10D2,11D2,12D2. The summed E-state index contributed by atoms with van der Waals surface area (Å²) in [6.45, 7) is -65.7. The van der Waals surface area contributed by atoms with Gasteiger partial charge in [0.25, 0.3) is 0 Å². The van der Waals surface area contributed by atoms with Crippen LogP contribution in [0.25, 0.3) is 0 Å². The van der Waals surface area contributed by atoms with Crippen LogP contribution < -0.4 is 117 Å². The predicted molar refractivity (Wildman–Crippen MR) is 529 cm³/mol. The van der Waals surface area contributed by atoms with E-state index in [1.165, 1.54) is 66.7 Å². The molecule has 12 aromatic carbocycles. The highest BCUT2D eigenvalue weighted by Gasteiger charge is 2.35. The normalized spacial score (nSPS) is 43.5. The maximum absolute atomic E-state index is 14.4. The Kier molecular flexibility index (Phi) is 13.8. The van der Waals surface area contributed by atoms with Crippen molar-refractivity contribution in [3.63, 3.8) is 0 Å². The second-order valence-electron chi connectivity index (χ2n) is 28.6. The quantitative estimate of drug-likeness (QED) is 0.0308. The van der Waals surface area contributed by atoms with Crippen molar-refractivity contribution in [1.82, 2.24) is 31.9 Å². The first-order valence-corrected chi connectivity index (χ1v) is 41.2. The Morgan fingerprint density at radius 2 is 0.465 bits per heavy atom. The van der Waals surface area contributed by atoms with Crippen molar-refractivity contribution < 1.29 is 227 Å². The Hall–Kier alpha value is -13.6. The first-order valence-electron chi connectivity index (χ1n) is 83.2. The zero-order chi connectivity index (χ0) is 173. The second kappa shape index (κ2) is 49.1. The molecule has 0 bridgehead atoms. The van der Waals surface area contributed by atoms with Crippen LogP contribution in [0.1, 0.15) is 222 Å². The SMILES string of the molecule is [2H]c1c([2H])c([C@@]2([2H])C(COc3ccc4c(c3)OC([2H])([2H])O4)C([2H])([2H])NC([2H])([2H])C2([2H])[2H])c([2H])c([2H])c1F.[2H]c1c([2H])c([C@@]2([2H])C(COc3ccc4c(c3)OC([2H])([2H])O4)C([2H])([2H])NC([2H])([2H])C2([2H])[2H])c([2H])c([2H])c1F.[2H]c1c([2H])c([C@H]2C(C([2H])([2H])Oc3ccc4c(c3)OC([2H])([2H])O4)C([2H])([2H])NC([2H])([2H])C2([2H])[2H])c([2H])c([2H])c1F.[2H]c1c([2H])c([C@]2([2H])C([2H])([2H])C([2H])([2H])NC([2H])([2H])C2([2H])C([2H])([2H])Oc2ccc3c(c2)OC([2H])([2H])O3)c([2H])c([2H])c1F.[2H]c1c([2H])c([C@]2([2H])C([2H])([2H])C([2H])([2H])NC([2H])([2H])C2([2H])COc2ccc3c(c2)OC([2H])([2H])O3)c([2H])c([2H])c1F.[2H]c1c([2H])c([C@]2([2H])C([2H])([2H])C([2H])([2H])NC([2H])([2H])C2([2H])COc2ccc3c(c2)OC([2H])([2H])O3)c([2H])c([2H])c1F. The Bertz CT molecular complexity index is 10400. The fourth-order valence-corrected chi connectivity index (χ4v) is 12.7. The molecule has 12 aliphatic rings. The third kappa shape index (κ3) is 26.5. The predicted octanol–water partition coefficient (Wildman–Crippen LogP) is 20.0. The van der Waals surface area contributed by atoms with Gasteiger partial charge in [-0.3, -0.25) is 0 Å². The summed E-state index contributed by atoms with van der Waals surface area (Å²) < 4.78 is 867. The highest BCUT2D eigenvalue weighted by atomic mass is 19.1. The van der Waals surface area contributed by atoms with Crippen molar-refractivity contribution in [2.75, 3.05) is 158 Å². The van der Waals surface area contributed by atoms with E-state index in [4.69, 9.17) is 200 Å². The van der Waals surface area contributed by atoms with Gasteiger partial charge in [0.2, 0.25) is 40.5 Å². The molecule has 12 aliphatic heterocycles. The minimum Gasteiger partial charge on any atom is -0.493 e. The molecule has 0 aliphatic carbocycles. The van der Waals surface area contributed by atoms with Crippen LogP contribution in [0, 0.1) is 70.3 Å². The van der Waals surface area contributed by atoms with Crippen molar-refractivity contribution in [3.8, 4) is 103 Å². The summed E-state index contributed by atoms with van der Waals surface area (Å²) >= 11 is 0. The van der Waals surface area contributed by atoms with E-state index >= 15 is 0 Å². The minimum atomic E-state index is -4.02. The monoisotopic (exact) mass is 2060 g/mol. The lowest BCUT2D eigenvalue weighted by Gasteiger charge is -2.32. The number of benzene rings is 12. The van der Waals surface area contributed by atoms with Gasteiger partial charge in [0, 0.05) is 171 Å². The number of rotatable bonds is 24. The van der Waals surface area contributed by atoms with Crippen molar-refractivity contribution in [3.05, 3.63) is 322 Å². The van der Waals surface area contributed by atoms with Crippen molar-refractivity contribution in [2.24, 2.45) is 35.4 Å². The van der Waals surface area contributed by atoms with Crippen LogP contribution in [-0.4, -0.2) is 158 Å².